The van der Waals surface area contributed by atoms with Gasteiger partial charge in [0.1, 0.15) is 0 Å². The Morgan fingerprint density at radius 2 is 1.69 bits per heavy atom. The molecule has 0 saturated carbocycles. The zero-order valence-corrected chi connectivity index (χ0v) is 16.3. The molecule has 0 aliphatic rings. The first-order valence-corrected chi connectivity index (χ1v) is 8.74. The van der Waals surface area contributed by atoms with Gasteiger partial charge in [-0.2, -0.15) is 5.10 Å². The Morgan fingerprint density at radius 3 is 2.23 bits per heavy atom. The first-order valence-electron chi connectivity index (χ1n) is 8.36. The number of nitrogens with zero attached hydrogens (tertiary/aromatic N) is 3. The van der Waals surface area contributed by atoms with Crippen LogP contribution in [-0.4, -0.2) is 20.7 Å². The highest BCUT2D eigenvalue weighted by molar-refractivity contribution is 6.31. The minimum Gasteiger partial charge on any atom is -0.320 e. The van der Waals surface area contributed by atoms with Gasteiger partial charge in [-0.15, -0.1) is 0 Å². The minimum absolute atomic E-state index is 0.167. The lowest BCUT2D eigenvalue weighted by Gasteiger charge is -2.12. The molecule has 0 fully saturated rings. The van der Waals surface area contributed by atoms with E-state index in [9.17, 15) is 4.79 Å². The number of hydrogen-bond donors (Lipinski definition) is 1. The lowest BCUT2D eigenvalue weighted by Crippen LogP contribution is -2.14. The predicted octanol–water partition coefficient (Wildman–Crippen LogP) is 4.72. The summed E-state index contributed by atoms with van der Waals surface area (Å²) < 4.78 is 1.78. The smallest absolute Gasteiger partial charge is 0.255 e. The van der Waals surface area contributed by atoms with Gasteiger partial charge in [-0.05, 0) is 70.5 Å². The molecule has 0 aliphatic heterocycles. The van der Waals surface area contributed by atoms with E-state index in [0.29, 0.717) is 10.6 Å². The molecule has 1 aromatic carbocycles. The predicted molar refractivity (Wildman–Crippen MR) is 104 cm³/mol. The Hall–Kier alpha value is -2.66. The number of rotatable bonds is 3. The number of nitrogens with one attached hydrogen (secondary N) is 1. The highest BCUT2D eigenvalue weighted by Crippen LogP contribution is 2.23. The Labute approximate surface area is 158 Å². The van der Waals surface area contributed by atoms with Crippen molar-refractivity contribution in [2.45, 2.75) is 34.6 Å². The fourth-order valence-corrected chi connectivity index (χ4v) is 3.15. The third kappa shape index (κ3) is 3.35. The van der Waals surface area contributed by atoms with Gasteiger partial charge in [0.05, 0.1) is 33.5 Å². The number of amides is 1. The van der Waals surface area contributed by atoms with Crippen molar-refractivity contribution in [2.75, 3.05) is 5.32 Å². The zero-order valence-electron chi connectivity index (χ0n) is 15.5. The molecule has 6 heteroatoms. The number of aromatic nitrogens is 3. The summed E-state index contributed by atoms with van der Waals surface area (Å²) in [6.07, 6.45) is 0. The largest absolute Gasteiger partial charge is 0.320 e. The van der Waals surface area contributed by atoms with Gasteiger partial charge in [0, 0.05) is 11.3 Å². The molecule has 0 bridgehead atoms. The summed E-state index contributed by atoms with van der Waals surface area (Å²) in [6, 6.07) is 9.23. The first-order chi connectivity index (χ1) is 12.3. The molecular formula is C20H21ClN4O. The number of benzene rings is 1. The molecule has 26 heavy (non-hydrogen) atoms. The van der Waals surface area contributed by atoms with E-state index in [0.717, 1.165) is 39.7 Å². The van der Waals surface area contributed by atoms with Gasteiger partial charge in [-0.25, -0.2) is 4.68 Å². The van der Waals surface area contributed by atoms with Gasteiger partial charge < -0.3 is 5.32 Å². The molecule has 0 unspecified atom stereocenters. The fourth-order valence-electron chi connectivity index (χ4n) is 3.03. The molecule has 134 valence electrons. The van der Waals surface area contributed by atoms with Crippen molar-refractivity contribution in [1.29, 1.82) is 0 Å². The highest BCUT2D eigenvalue weighted by Gasteiger charge is 2.13. The van der Waals surface area contributed by atoms with Crippen molar-refractivity contribution in [2.24, 2.45) is 0 Å². The number of carbonyl (C=O) groups is 1. The quantitative estimate of drug-likeness (QED) is 0.727. The monoisotopic (exact) mass is 368 g/mol. The highest BCUT2D eigenvalue weighted by atomic mass is 35.5. The third-order valence-electron chi connectivity index (χ3n) is 4.34. The molecule has 2 heterocycles. The molecule has 1 amide bonds. The number of halogens is 1. The molecule has 3 rings (SSSR count). The third-order valence-corrected chi connectivity index (χ3v) is 4.89. The van der Waals surface area contributed by atoms with E-state index in [-0.39, 0.29) is 5.91 Å². The average molecular weight is 369 g/mol. The Bertz CT molecular complexity index is 967. The summed E-state index contributed by atoms with van der Waals surface area (Å²) in [5.74, 6) is -0.167. The van der Waals surface area contributed by atoms with Crippen LogP contribution < -0.4 is 5.32 Å². The van der Waals surface area contributed by atoms with Gasteiger partial charge in [0.25, 0.3) is 5.91 Å². The van der Waals surface area contributed by atoms with Crippen LogP contribution in [0.3, 0.4) is 0 Å². The van der Waals surface area contributed by atoms with Crippen LogP contribution in [0.1, 0.15) is 38.7 Å². The maximum atomic E-state index is 12.6. The summed E-state index contributed by atoms with van der Waals surface area (Å²) in [4.78, 5) is 17.0. The van der Waals surface area contributed by atoms with E-state index < -0.39 is 0 Å². The molecule has 0 spiro atoms. The Kier molecular flexibility index (Phi) is 4.83. The number of carbonyl (C=O) groups excluding carboxylic acids is 1. The molecule has 0 saturated heterocycles. The molecule has 1 N–H and O–H groups in total. The van der Waals surface area contributed by atoms with Crippen LogP contribution in [0.2, 0.25) is 5.02 Å². The van der Waals surface area contributed by atoms with Crippen molar-refractivity contribution in [1.82, 2.24) is 14.8 Å². The summed E-state index contributed by atoms with van der Waals surface area (Å²) >= 11 is 6.21. The number of aryl methyl sites for hydroxylation is 4. The van der Waals surface area contributed by atoms with E-state index >= 15 is 0 Å². The van der Waals surface area contributed by atoms with Crippen LogP contribution >= 0.6 is 11.6 Å². The lowest BCUT2D eigenvalue weighted by atomic mass is 10.1. The first kappa shape index (κ1) is 18.1. The summed E-state index contributed by atoms with van der Waals surface area (Å²) in [6.45, 7) is 9.58. The molecular weight excluding hydrogens is 348 g/mol. The van der Waals surface area contributed by atoms with E-state index in [1.165, 1.54) is 0 Å². The normalized spacial score (nSPS) is 10.8. The number of pyridine rings is 1. The van der Waals surface area contributed by atoms with Crippen molar-refractivity contribution in [3.8, 4) is 5.69 Å². The maximum absolute atomic E-state index is 12.6. The van der Waals surface area contributed by atoms with Crippen LogP contribution in [0.25, 0.3) is 5.69 Å². The molecule has 0 atom stereocenters. The number of anilines is 1. The molecule has 2 aromatic heterocycles. The Balaban J connectivity index is 1.85. The zero-order chi connectivity index (χ0) is 19.0. The maximum Gasteiger partial charge on any atom is 0.255 e. The van der Waals surface area contributed by atoms with Crippen molar-refractivity contribution in [3.63, 3.8) is 0 Å². The van der Waals surface area contributed by atoms with Gasteiger partial charge in [0.2, 0.25) is 0 Å². The van der Waals surface area contributed by atoms with Crippen LogP contribution in [0.4, 0.5) is 5.69 Å². The second kappa shape index (κ2) is 6.92. The second-order valence-corrected chi connectivity index (χ2v) is 6.82. The lowest BCUT2D eigenvalue weighted by molar-refractivity contribution is 0.102. The SMILES string of the molecule is Cc1cc(C)c(NC(=O)c2ccc(-n3nc(C)c(Cl)c3C)cc2)c(C)n1. The van der Waals surface area contributed by atoms with E-state index in [1.807, 2.05) is 52.8 Å². The number of hydrogen-bond acceptors (Lipinski definition) is 3. The van der Waals surface area contributed by atoms with Crippen LogP contribution in [0.5, 0.6) is 0 Å². The molecule has 0 aliphatic carbocycles. The van der Waals surface area contributed by atoms with E-state index in [1.54, 1.807) is 16.8 Å². The fraction of sp³-hybridized carbons (Fsp3) is 0.250. The van der Waals surface area contributed by atoms with Crippen LogP contribution in [0, 0.1) is 34.6 Å². The molecule has 5 nitrogen and oxygen atoms in total. The van der Waals surface area contributed by atoms with Crippen molar-refractivity contribution in [3.05, 3.63) is 69.3 Å². The molecule has 0 radical (unpaired) electrons. The minimum atomic E-state index is -0.167. The average Bonchev–Trinajstić information content (AvgIpc) is 2.85. The standard InChI is InChI=1S/C20H21ClN4O/c1-11-10-12(2)22-14(4)19(11)23-20(26)16-6-8-17(9-7-16)25-15(5)18(21)13(3)24-25/h6-10H,1-5H3,(H,23,26). The van der Waals surface area contributed by atoms with E-state index in [4.69, 9.17) is 11.6 Å². The van der Waals surface area contributed by atoms with E-state index in [2.05, 4.69) is 15.4 Å². The topological polar surface area (TPSA) is 59.8 Å². The Morgan fingerprint density at radius 1 is 1.04 bits per heavy atom. The van der Waals surface area contributed by atoms with Crippen LogP contribution in [0.15, 0.2) is 30.3 Å². The summed E-state index contributed by atoms with van der Waals surface area (Å²) in [5, 5.41) is 8.05. The van der Waals surface area contributed by atoms with Gasteiger partial charge in [0.15, 0.2) is 0 Å². The van der Waals surface area contributed by atoms with Crippen molar-refractivity contribution >= 4 is 23.2 Å². The second-order valence-electron chi connectivity index (χ2n) is 6.44. The summed E-state index contributed by atoms with van der Waals surface area (Å²) in [7, 11) is 0. The van der Waals surface area contributed by atoms with Crippen LogP contribution in [-0.2, 0) is 0 Å². The van der Waals surface area contributed by atoms with Gasteiger partial charge in [-0.3, -0.25) is 9.78 Å². The van der Waals surface area contributed by atoms with Crippen molar-refractivity contribution < 1.29 is 4.79 Å². The summed E-state index contributed by atoms with van der Waals surface area (Å²) in [5.41, 5.74) is 6.59. The van der Waals surface area contributed by atoms with Gasteiger partial charge >= 0.3 is 0 Å². The molecule has 3 aromatic rings. The van der Waals surface area contributed by atoms with Gasteiger partial charge in [-0.1, -0.05) is 11.6 Å².